The lowest BCUT2D eigenvalue weighted by Crippen LogP contribution is -2.31. The molecule has 2 aromatic carbocycles. The molecule has 4 heteroatoms. The average molecular weight is 301 g/mol. The molecule has 2 amide bonds. The van der Waals surface area contributed by atoms with E-state index in [0.717, 1.165) is 11.1 Å². The van der Waals surface area contributed by atoms with E-state index in [-0.39, 0.29) is 6.03 Å². The SMILES string of the molecule is Cc1cccc(/C=C/NC(=O)NCc2ccccc2Cl)c1. The van der Waals surface area contributed by atoms with Gasteiger partial charge in [-0.1, -0.05) is 59.6 Å². The molecule has 2 rings (SSSR count). The van der Waals surface area contributed by atoms with Crippen molar-refractivity contribution in [1.82, 2.24) is 10.6 Å². The number of benzene rings is 2. The lowest BCUT2D eigenvalue weighted by Gasteiger charge is -2.06. The number of hydrogen-bond acceptors (Lipinski definition) is 1. The van der Waals surface area contributed by atoms with Crippen molar-refractivity contribution < 1.29 is 4.79 Å². The van der Waals surface area contributed by atoms with Gasteiger partial charge in [-0.15, -0.1) is 0 Å². The van der Waals surface area contributed by atoms with E-state index in [1.54, 1.807) is 12.3 Å². The molecular weight excluding hydrogens is 284 g/mol. The second kappa shape index (κ2) is 7.50. The van der Waals surface area contributed by atoms with Crippen LogP contribution in [0.3, 0.4) is 0 Å². The van der Waals surface area contributed by atoms with Gasteiger partial charge in [-0.3, -0.25) is 0 Å². The van der Waals surface area contributed by atoms with Gasteiger partial charge in [0.05, 0.1) is 0 Å². The fourth-order valence-electron chi connectivity index (χ4n) is 1.86. The van der Waals surface area contributed by atoms with Crippen LogP contribution in [0.5, 0.6) is 0 Å². The molecule has 0 radical (unpaired) electrons. The van der Waals surface area contributed by atoms with Crippen LogP contribution in [0.15, 0.2) is 54.7 Å². The number of urea groups is 1. The maximum atomic E-state index is 11.7. The van der Waals surface area contributed by atoms with Crippen LogP contribution in [0.1, 0.15) is 16.7 Å². The predicted octanol–water partition coefficient (Wildman–Crippen LogP) is 4.12. The Kier molecular flexibility index (Phi) is 5.41. The summed E-state index contributed by atoms with van der Waals surface area (Å²) in [5.74, 6) is 0. The number of amides is 2. The number of carbonyl (C=O) groups excluding carboxylic acids is 1. The van der Waals surface area contributed by atoms with E-state index in [9.17, 15) is 4.79 Å². The molecule has 0 aliphatic carbocycles. The molecule has 3 nitrogen and oxygen atoms in total. The summed E-state index contributed by atoms with van der Waals surface area (Å²) in [6, 6.07) is 15.2. The van der Waals surface area contributed by atoms with Crippen LogP contribution >= 0.6 is 11.6 Å². The van der Waals surface area contributed by atoms with E-state index < -0.39 is 0 Å². The monoisotopic (exact) mass is 300 g/mol. The van der Waals surface area contributed by atoms with Crippen LogP contribution in [0.2, 0.25) is 5.02 Å². The van der Waals surface area contributed by atoms with Gasteiger partial charge in [-0.2, -0.15) is 0 Å². The van der Waals surface area contributed by atoms with Gasteiger partial charge in [0.15, 0.2) is 0 Å². The Hall–Kier alpha value is -2.26. The van der Waals surface area contributed by atoms with Crippen LogP contribution in [-0.2, 0) is 6.54 Å². The van der Waals surface area contributed by atoms with Gasteiger partial charge in [0.25, 0.3) is 0 Å². The summed E-state index contributed by atoms with van der Waals surface area (Å²) in [6.07, 6.45) is 3.47. The first-order valence-electron chi connectivity index (χ1n) is 6.66. The van der Waals surface area contributed by atoms with Crippen molar-refractivity contribution in [3.8, 4) is 0 Å². The molecule has 0 saturated carbocycles. The van der Waals surface area contributed by atoms with E-state index >= 15 is 0 Å². The van der Waals surface area contributed by atoms with Gasteiger partial charge >= 0.3 is 6.03 Å². The Morgan fingerprint density at radius 2 is 2.00 bits per heavy atom. The molecule has 0 aliphatic rings. The van der Waals surface area contributed by atoms with Crippen molar-refractivity contribution in [3.05, 3.63) is 76.4 Å². The van der Waals surface area contributed by atoms with Gasteiger partial charge in [-0.25, -0.2) is 4.79 Å². The van der Waals surface area contributed by atoms with Gasteiger partial charge in [0.1, 0.15) is 0 Å². The topological polar surface area (TPSA) is 41.1 Å². The second-order valence-electron chi connectivity index (χ2n) is 4.67. The Bertz CT molecular complexity index is 653. The summed E-state index contributed by atoms with van der Waals surface area (Å²) in [6.45, 7) is 2.42. The summed E-state index contributed by atoms with van der Waals surface area (Å²) in [7, 11) is 0. The Labute approximate surface area is 129 Å². The standard InChI is InChI=1S/C17H17ClN2O/c1-13-5-4-6-14(11-13)9-10-19-17(21)20-12-15-7-2-3-8-16(15)18/h2-11H,12H2,1H3,(H2,19,20,21)/b10-9+. The average Bonchev–Trinajstić information content (AvgIpc) is 2.46. The van der Waals surface area contributed by atoms with E-state index in [0.29, 0.717) is 11.6 Å². The quantitative estimate of drug-likeness (QED) is 0.876. The summed E-state index contributed by atoms with van der Waals surface area (Å²) < 4.78 is 0. The van der Waals surface area contributed by atoms with Gasteiger partial charge in [0.2, 0.25) is 0 Å². The van der Waals surface area contributed by atoms with Crippen molar-refractivity contribution in [2.45, 2.75) is 13.5 Å². The number of nitrogens with one attached hydrogen (secondary N) is 2. The minimum Gasteiger partial charge on any atom is -0.334 e. The van der Waals surface area contributed by atoms with Crippen molar-refractivity contribution in [2.24, 2.45) is 0 Å². The van der Waals surface area contributed by atoms with E-state index in [1.165, 1.54) is 5.56 Å². The van der Waals surface area contributed by atoms with Gasteiger partial charge in [-0.05, 0) is 30.2 Å². The molecule has 0 bridgehead atoms. The Morgan fingerprint density at radius 1 is 1.19 bits per heavy atom. The fraction of sp³-hybridized carbons (Fsp3) is 0.118. The second-order valence-corrected chi connectivity index (χ2v) is 5.07. The third-order valence-electron chi connectivity index (χ3n) is 2.93. The zero-order chi connectivity index (χ0) is 15.1. The molecule has 0 aromatic heterocycles. The third kappa shape index (κ3) is 4.97. The van der Waals surface area contributed by atoms with Crippen LogP contribution in [0.25, 0.3) is 6.08 Å². The molecule has 0 heterocycles. The molecular formula is C17H17ClN2O. The van der Waals surface area contributed by atoms with Crippen LogP contribution in [0.4, 0.5) is 4.79 Å². The van der Waals surface area contributed by atoms with Gasteiger partial charge < -0.3 is 10.6 Å². The Morgan fingerprint density at radius 3 is 2.76 bits per heavy atom. The molecule has 21 heavy (non-hydrogen) atoms. The van der Waals surface area contributed by atoms with Crippen molar-refractivity contribution >= 4 is 23.7 Å². The smallest absolute Gasteiger partial charge is 0.319 e. The van der Waals surface area contributed by atoms with Crippen LogP contribution < -0.4 is 10.6 Å². The number of aryl methyl sites for hydroxylation is 1. The molecule has 2 aromatic rings. The maximum absolute atomic E-state index is 11.7. The third-order valence-corrected chi connectivity index (χ3v) is 3.30. The highest BCUT2D eigenvalue weighted by Gasteiger charge is 2.01. The molecule has 0 atom stereocenters. The summed E-state index contributed by atoms with van der Waals surface area (Å²) in [5, 5.41) is 6.06. The zero-order valence-electron chi connectivity index (χ0n) is 11.8. The molecule has 2 N–H and O–H groups in total. The molecule has 0 saturated heterocycles. The number of carbonyl (C=O) groups is 1. The van der Waals surface area contributed by atoms with E-state index in [4.69, 9.17) is 11.6 Å². The first kappa shape index (κ1) is 15.1. The first-order chi connectivity index (χ1) is 10.1. The van der Waals surface area contributed by atoms with E-state index in [1.807, 2.05) is 55.5 Å². The molecule has 0 fully saturated rings. The van der Waals surface area contributed by atoms with Crippen LogP contribution in [0, 0.1) is 6.92 Å². The molecule has 0 unspecified atom stereocenters. The largest absolute Gasteiger partial charge is 0.334 e. The maximum Gasteiger partial charge on any atom is 0.319 e. The number of halogens is 1. The predicted molar refractivity (Wildman–Crippen MR) is 87.0 cm³/mol. The van der Waals surface area contributed by atoms with E-state index in [2.05, 4.69) is 10.6 Å². The molecule has 0 aliphatic heterocycles. The van der Waals surface area contributed by atoms with Gasteiger partial charge in [0, 0.05) is 17.8 Å². The van der Waals surface area contributed by atoms with Crippen LogP contribution in [-0.4, -0.2) is 6.03 Å². The summed E-state index contributed by atoms with van der Waals surface area (Å²) in [4.78, 5) is 11.7. The first-order valence-corrected chi connectivity index (χ1v) is 7.04. The number of rotatable bonds is 4. The van der Waals surface area contributed by atoms with Crippen molar-refractivity contribution in [1.29, 1.82) is 0 Å². The highest BCUT2D eigenvalue weighted by Crippen LogP contribution is 2.14. The summed E-state index contributed by atoms with van der Waals surface area (Å²) in [5.41, 5.74) is 3.11. The zero-order valence-corrected chi connectivity index (χ0v) is 12.5. The highest BCUT2D eigenvalue weighted by molar-refractivity contribution is 6.31. The lowest BCUT2D eigenvalue weighted by molar-refractivity contribution is 0.244. The summed E-state index contributed by atoms with van der Waals surface area (Å²) >= 11 is 6.02. The minimum atomic E-state index is -0.265. The van der Waals surface area contributed by atoms with Crippen molar-refractivity contribution in [2.75, 3.05) is 0 Å². The Balaban J connectivity index is 1.81. The van der Waals surface area contributed by atoms with Crippen molar-refractivity contribution in [3.63, 3.8) is 0 Å². The molecule has 0 spiro atoms. The number of hydrogen-bond donors (Lipinski definition) is 2. The molecule has 108 valence electrons. The fourth-order valence-corrected chi connectivity index (χ4v) is 2.06. The minimum absolute atomic E-state index is 0.265. The lowest BCUT2D eigenvalue weighted by atomic mass is 10.1. The highest BCUT2D eigenvalue weighted by atomic mass is 35.5. The normalized spacial score (nSPS) is 10.6.